The summed E-state index contributed by atoms with van der Waals surface area (Å²) in [5, 5.41) is 9.36. The second-order valence-corrected chi connectivity index (χ2v) is 8.87. The lowest BCUT2D eigenvalue weighted by Crippen LogP contribution is -2.36. The van der Waals surface area contributed by atoms with Gasteiger partial charge in [-0.05, 0) is 50.8 Å². The monoisotopic (exact) mass is 464 g/mol. The fourth-order valence-corrected chi connectivity index (χ4v) is 4.18. The molecule has 0 bridgehead atoms. The van der Waals surface area contributed by atoms with Crippen LogP contribution in [0.25, 0.3) is 33.7 Å². The lowest BCUT2D eigenvalue weighted by molar-refractivity contribution is -0.150. The standard InChI is InChI=1S/C25H22F2N4O3/c1-25(24(32)33)8-6-16(7-9-25)34-22-5-3-14(12-29-22)19-4-2-15(13-28-19)23-30-20-10-17(26)18(27)11-21(20)31-23/h2-5,10-13,16H,6-9H2,1H3,(H,30,31)(H,32,33)/t16-,25-. The molecule has 1 aliphatic carbocycles. The van der Waals surface area contributed by atoms with Gasteiger partial charge in [-0.1, -0.05) is 0 Å². The maximum Gasteiger partial charge on any atom is 0.309 e. The smallest absolute Gasteiger partial charge is 0.309 e. The van der Waals surface area contributed by atoms with Gasteiger partial charge in [0.25, 0.3) is 0 Å². The van der Waals surface area contributed by atoms with Crippen molar-refractivity contribution in [2.24, 2.45) is 5.41 Å². The van der Waals surface area contributed by atoms with Crippen LogP contribution in [0.15, 0.2) is 48.8 Å². The van der Waals surface area contributed by atoms with E-state index >= 15 is 0 Å². The van der Waals surface area contributed by atoms with Crippen molar-refractivity contribution < 1.29 is 23.4 Å². The number of halogens is 2. The number of pyridine rings is 2. The van der Waals surface area contributed by atoms with Gasteiger partial charge in [-0.3, -0.25) is 9.78 Å². The van der Waals surface area contributed by atoms with Crippen LogP contribution in [-0.2, 0) is 4.79 Å². The van der Waals surface area contributed by atoms with Crippen molar-refractivity contribution in [1.82, 2.24) is 19.9 Å². The summed E-state index contributed by atoms with van der Waals surface area (Å²) >= 11 is 0. The van der Waals surface area contributed by atoms with Crippen LogP contribution in [0.5, 0.6) is 5.88 Å². The van der Waals surface area contributed by atoms with E-state index in [1.54, 1.807) is 25.4 Å². The number of fused-ring (bicyclic) bond motifs is 1. The Labute approximate surface area is 193 Å². The number of benzene rings is 1. The molecule has 2 N–H and O–H groups in total. The molecule has 34 heavy (non-hydrogen) atoms. The van der Waals surface area contributed by atoms with Crippen LogP contribution < -0.4 is 4.74 Å². The number of carbonyl (C=O) groups is 1. The number of nitrogens with one attached hydrogen (secondary N) is 1. The maximum atomic E-state index is 13.4. The number of imidazole rings is 1. The predicted octanol–water partition coefficient (Wildman–Crippen LogP) is 5.38. The number of ether oxygens (including phenoxy) is 1. The van der Waals surface area contributed by atoms with Crippen LogP contribution in [0.1, 0.15) is 32.6 Å². The van der Waals surface area contributed by atoms with Crippen LogP contribution in [0.2, 0.25) is 0 Å². The van der Waals surface area contributed by atoms with Gasteiger partial charge in [0.05, 0.1) is 22.1 Å². The fraction of sp³-hybridized carbons (Fsp3) is 0.280. The zero-order valence-corrected chi connectivity index (χ0v) is 18.4. The van der Waals surface area contributed by atoms with Crippen molar-refractivity contribution in [2.75, 3.05) is 0 Å². The molecule has 0 aliphatic heterocycles. The predicted molar refractivity (Wildman–Crippen MR) is 121 cm³/mol. The molecule has 1 aliphatic rings. The van der Waals surface area contributed by atoms with Crippen molar-refractivity contribution in [3.63, 3.8) is 0 Å². The third kappa shape index (κ3) is 4.21. The Bertz CT molecular complexity index is 1310. The van der Waals surface area contributed by atoms with Crippen LogP contribution >= 0.6 is 0 Å². The van der Waals surface area contributed by atoms with E-state index in [9.17, 15) is 18.7 Å². The summed E-state index contributed by atoms with van der Waals surface area (Å²) in [6.45, 7) is 1.78. The van der Waals surface area contributed by atoms with Gasteiger partial charge < -0.3 is 14.8 Å². The summed E-state index contributed by atoms with van der Waals surface area (Å²) in [5.74, 6) is -1.67. The number of H-pyrrole nitrogens is 1. The molecule has 4 aromatic rings. The fourth-order valence-electron chi connectivity index (χ4n) is 4.18. The molecule has 0 saturated heterocycles. The van der Waals surface area contributed by atoms with Crippen LogP contribution in [0, 0.1) is 17.0 Å². The van der Waals surface area contributed by atoms with Gasteiger partial charge >= 0.3 is 5.97 Å². The average molecular weight is 464 g/mol. The highest BCUT2D eigenvalue weighted by Crippen LogP contribution is 2.37. The lowest BCUT2D eigenvalue weighted by Gasteiger charge is -2.33. The number of aliphatic carboxylic acids is 1. The van der Waals surface area contributed by atoms with Gasteiger partial charge in [-0.2, -0.15) is 0 Å². The van der Waals surface area contributed by atoms with Gasteiger partial charge in [0.1, 0.15) is 11.9 Å². The van der Waals surface area contributed by atoms with Gasteiger partial charge in [0.2, 0.25) is 5.88 Å². The Morgan fingerprint density at radius 2 is 1.76 bits per heavy atom. The molecule has 174 valence electrons. The maximum absolute atomic E-state index is 13.4. The number of aromatic nitrogens is 4. The second-order valence-electron chi connectivity index (χ2n) is 8.87. The van der Waals surface area contributed by atoms with Crippen LogP contribution in [-0.4, -0.2) is 37.1 Å². The molecular formula is C25H22F2N4O3. The summed E-state index contributed by atoms with van der Waals surface area (Å²) < 4.78 is 32.8. The first-order chi connectivity index (χ1) is 16.3. The summed E-state index contributed by atoms with van der Waals surface area (Å²) in [6.07, 6.45) is 5.77. The highest BCUT2D eigenvalue weighted by molar-refractivity contribution is 5.79. The van der Waals surface area contributed by atoms with Crippen molar-refractivity contribution >= 4 is 17.0 Å². The molecule has 0 unspecified atom stereocenters. The molecule has 1 fully saturated rings. The number of rotatable bonds is 5. The highest BCUT2D eigenvalue weighted by Gasteiger charge is 2.38. The van der Waals surface area contributed by atoms with Crippen molar-refractivity contribution in [3.05, 3.63) is 60.4 Å². The molecule has 1 aromatic carbocycles. The minimum absolute atomic E-state index is 0.0473. The Morgan fingerprint density at radius 3 is 2.41 bits per heavy atom. The van der Waals surface area contributed by atoms with E-state index in [-0.39, 0.29) is 6.10 Å². The second kappa shape index (κ2) is 8.48. The van der Waals surface area contributed by atoms with Gasteiger partial charge in [0, 0.05) is 41.7 Å². The van der Waals surface area contributed by atoms with Gasteiger partial charge in [-0.25, -0.2) is 18.7 Å². The molecule has 3 aromatic heterocycles. The van der Waals surface area contributed by atoms with E-state index in [4.69, 9.17) is 4.74 Å². The van der Waals surface area contributed by atoms with E-state index < -0.39 is 23.0 Å². The van der Waals surface area contributed by atoms with Crippen molar-refractivity contribution in [2.45, 2.75) is 38.7 Å². The molecule has 5 rings (SSSR count). The third-order valence-corrected chi connectivity index (χ3v) is 6.43. The Kier molecular flexibility index (Phi) is 5.47. The minimum Gasteiger partial charge on any atom is -0.481 e. The van der Waals surface area contributed by atoms with E-state index in [0.717, 1.165) is 17.7 Å². The average Bonchev–Trinajstić information content (AvgIpc) is 3.24. The van der Waals surface area contributed by atoms with Crippen molar-refractivity contribution in [3.8, 4) is 28.5 Å². The number of nitrogens with zero attached hydrogens (tertiary/aromatic N) is 3. The molecule has 1 saturated carbocycles. The van der Waals surface area contributed by atoms with Crippen LogP contribution in [0.3, 0.4) is 0 Å². The Morgan fingerprint density at radius 1 is 1.06 bits per heavy atom. The molecule has 0 atom stereocenters. The molecule has 0 amide bonds. The SMILES string of the molecule is C[C@]1(C(=O)O)CC[C@H](Oc2ccc(-c3ccc(-c4nc5cc(F)c(F)cc5[nH]4)cn3)cn2)CC1. The number of aromatic amines is 1. The Balaban J connectivity index is 1.26. The number of carboxylic acids is 1. The van der Waals surface area contributed by atoms with Gasteiger partial charge in [0.15, 0.2) is 11.6 Å². The van der Waals surface area contributed by atoms with Crippen molar-refractivity contribution in [1.29, 1.82) is 0 Å². The first-order valence-electron chi connectivity index (χ1n) is 11.0. The van der Waals surface area contributed by atoms with E-state index in [1.165, 1.54) is 0 Å². The zero-order chi connectivity index (χ0) is 23.9. The first-order valence-corrected chi connectivity index (χ1v) is 11.0. The molecule has 7 nitrogen and oxygen atoms in total. The van der Waals surface area contributed by atoms with E-state index in [0.29, 0.717) is 59.7 Å². The molecule has 9 heteroatoms. The quantitative estimate of drug-likeness (QED) is 0.411. The summed E-state index contributed by atoms with van der Waals surface area (Å²) in [6, 6.07) is 9.41. The van der Waals surface area contributed by atoms with Crippen LogP contribution in [0.4, 0.5) is 8.78 Å². The summed E-state index contributed by atoms with van der Waals surface area (Å²) in [5.41, 5.74) is 2.25. The van der Waals surface area contributed by atoms with Gasteiger partial charge in [-0.15, -0.1) is 0 Å². The number of carboxylic acid groups (broad SMARTS) is 1. The topological polar surface area (TPSA) is 101 Å². The van der Waals surface area contributed by atoms with E-state index in [2.05, 4.69) is 19.9 Å². The lowest BCUT2D eigenvalue weighted by atomic mass is 9.75. The Hall–Kier alpha value is -3.88. The normalized spacial score (nSPS) is 20.4. The molecular weight excluding hydrogens is 442 g/mol. The molecule has 3 heterocycles. The highest BCUT2D eigenvalue weighted by atomic mass is 19.2. The summed E-state index contributed by atoms with van der Waals surface area (Å²) in [7, 11) is 0. The van der Waals surface area contributed by atoms with E-state index in [1.807, 2.05) is 18.2 Å². The molecule has 0 radical (unpaired) electrons. The minimum atomic E-state index is -0.943. The first kappa shape index (κ1) is 21.9. The summed E-state index contributed by atoms with van der Waals surface area (Å²) in [4.78, 5) is 27.5. The number of hydrogen-bond donors (Lipinski definition) is 2. The largest absolute Gasteiger partial charge is 0.481 e. The molecule has 0 spiro atoms. The number of hydrogen-bond acceptors (Lipinski definition) is 5. The third-order valence-electron chi connectivity index (χ3n) is 6.43. The zero-order valence-electron chi connectivity index (χ0n) is 18.4.